The molecule has 0 aromatic heterocycles. The van der Waals surface area contributed by atoms with Crippen molar-refractivity contribution in [3.63, 3.8) is 0 Å². The van der Waals surface area contributed by atoms with Crippen LogP contribution in [0.4, 0.5) is 0 Å². The number of carbonyl (C=O) groups excluding carboxylic acids is 3. The average molecular weight is 540 g/mol. The van der Waals surface area contributed by atoms with E-state index in [1.54, 1.807) is 12.1 Å². The van der Waals surface area contributed by atoms with Crippen molar-refractivity contribution in [2.75, 3.05) is 6.54 Å². The van der Waals surface area contributed by atoms with Crippen molar-refractivity contribution in [3.05, 3.63) is 29.8 Å². The summed E-state index contributed by atoms with van der Waals surface area (Å²) in [6.07, 6.45) is -1.13. The zero-order valence-electron chi connectivity index (χ0n) is 21.1. The molecule has 11 N–H and O–H groups in total. The second kappa shape index (κ2) is 16.2. The number of phenolic OH excluding ortho intramolecular Hbond substituents is 1. The van der Waals surface area contributed by atoms with E-state index in [1.165, 1.54) is 12.1 Å². The largest absolute Gasteiger partial charge is 0.508 e. The van der Waals surface area contributed by atoms with E-state index in [4.69, 9.17) is 16.6 Å². The van der Waals surface area contributed by atoms with Gasteiger partial charge in [0.05, 0.1) is 12.1 Å². The second-order valence-electron chi connectivity index (χ2n) is 8.88. The summed E-state index contributed by atoms with van der Waals surface area (Å²) in [7, 11) is 0. The number of nitrogens with two attached hydrogens (primary N) is 2. The van der Waals surface area contributed by atoms with Crippen LogP contribution in [0.5, 0.6) is 5.75 Å². The molecule has 14 nitrogen and oxygen atoms in total. The number of benzene rings is 1. The highest BCUT2D eigenvalue weighted by Crippen LogP contribution is 2.11. The summed E-state index contributed by atoms with van der Waals surface area (Å²) in [5.74, 6) is -5.20. The quantitative estimate of drug-likeness (QED) is 0.0995. The van der Waals surface area contributed by atoms with Crippen LogP contribution in [0.25, 0.3) is 0 Å². The molecule has 5 unspecified atom stereocenters. The Labute approximate surface area is 219 Å². The lowest BCUT2D eigenvalue weighted by Gasteiger charge is -2.25. The van der Waals surface area contributed by atoms with Gasteiger partial charge < -0.3 is 47.8 Å². The predicted octanol–water partition coefficient (Wildman–Crippen LogP) is -1.82. The number of aliphatic hydroxyl groups is 1. The number of aromatic hydroxyl groups is 1. The molecule has 0 aliphatic carbocycles. The van der Waals surface area contributed by atoms with E-state index in [2.05, 4.69) is 16.0 Å². The molecule has 14 heteroatoms. The van der Waals surface area contributed by atoms with Crippen LogP contribution < -0.4 is 27.4 Å². The summed E-state index contributed by atoms with van der Waals surface area (Å²) in [4.78, 5) is 61.0. The molecule has 1 aromatic rings. The fraction of sp³-hybridized carbons (Fsp3) is 0.542. The molecular weight excluding hydrogens is 502 g/mol. The molecule has 0 aliphatic heterocycles. The van der Waals surface area contributed by atoms with Crippen molar-refractivity contribution in [2.24, 2.45) is 11.5 Å². The Balaban J connectivity index is 3.00. The van der Waals surface area contributed by atoms with Gasteiger partial charge in [-0.2, -0.15) is 0 Å². The van der Waals surface area contributed by atoms with Gasteiger partial charge in [0.2, 0.25) is 17.7 Å². The molecule has 5 atom stereocenters. The van der Waals surface area contributed by atoms with Crippen molar-refractivity contribution < 1.29 is 44.4 Å². The molecule has 0 saturated heterocycles. The van der Waals surface area contributed by atoms with Gasteiger partial charge in [-0.05, 0) is 63.3 Å². The highest BCUT2D eigenvalue weighted by atomic mass is 16.4. The SMILES string of the molecule is CC(O)C(NC(=O)C(CCC(=O)O)NC(=O)C(CCCCN)NC(=O)C(N)Cc1ccc(O)cc1)C(=O)O. The summed E-state index contributed by atoms with van der Waals surface area (Å²) in [6.45, 7) is 1.48. The Bertz CT molecular complexity index is 955. The third kappa shape index (κ3) is 11.5. The number of rotatable bonds is 17. The van der Waals surface area contributed by atoms with Gasteiger partial charge in [0.1, 0.15) is 17.8 Å². The molecule has 212 valence electrons. The van der Waals surface area contributed by atoms with E-state index in [0.717, 1.165) is 6.92 Å². The highest BCUT2D eigenvalue weighted by molar-refractivity contribution is 5.94. The number of hydrogen-bond acceptors (Lipinski definition) is 9. The zero-order valence-corrected chi connectivity index (χ0v) is 21.1. The van der Waals surface area contributed by atoms with E-state index in [1.807, 2.05) is 0 Å². The zero-order chi connectivity index (χ0) is 28.8. The molecule has 3 amide bonds. The Morgan fingerprint density at radius 3 is 1.95 bits per heavy atom. The van der Waals surface area contributed by atoms with Crippen LogP contribution >= 0.6 is 0 Å². The summed E-state index contributed by atoms with van der Waals surface area (Å²) >= 11 is 0. The number of phenols is 1. The molecular formula is C24H37N5O9. The fourth-order valence-electron chi connectivity index (χ4n) is 3.47. The lowest BCUT2D eigenvalue weighted by molar-refractivity contribution is -0.145. The standard InChI is InChI=1S/C24H37N5O9/c1-13(30)20(24(37)38)29-23(36)18(9-10-19(32)33)28-22(35)17(4-2-3-11-25)27-21(34)16(26)12-14-5-7-15(31)8-6-14/h5-8,13,16-18,20,30-31H,2-4,9-12,25-26H2,1H3,(H,27,34)(H,28,35)(H,29,36)(H,32,33)(H,37,38). The van der Waals surface area contributed by atoms with Crippen molar-refractivity contribution >= 4 is 29.7 Å². The van der Waals surface area contributed by atoms with Gasteiger partial charge >= 0.3 is 11.9 Å². The molecule has 0 spiro atoms. The molecule has 38 heavy (non-hydrogen) atoms. The maximum absolute atomic E-state index is 13.1. The van der Waals surface area contributed by atoms with Gasteiger partial charge in [-0.25, -0.2) is 4.79 Å². The van der Waals surface area contributed by atoms with Gasteiger partial charge in [-0.3, -0.25) is 19.2 Å². The van der Waals surface area contributed by atoms with Crippen LogP contribution in [0.1, 0.15) is 44.6 Å². The van der Waals surface area contributed by atoms with E-state index < -0.39 is 66.4 Å². The first-order valence-corrected chi connectivity index (χ1v) is 12.1. The Morgan fingerprint density at radius 2 is 1.42 bits per heavy atom. The molecule has 0 bridgehead atoms. The Kier molecular flexibility index (Phi) is 13.7. The van der Waals surface area contributed by atoms with Crippen LogP contribution in [-0.2, 0) is 30.4 Å². The molecule has 0 saturated carbocycles. The normalized spacial score (nSPS) is 14.8. The topological polar surface area (TPSA) is 254 Å². The van der Waals surface area contributed by atoms with Crippen LogP contribution in [0.15, 0.2) is 24.3 Å². The first-order valence-electron chi connectivity index (χ1n) is 12.1. The van der Waals surface area contributed by atoms with E-state index >= 15 is 0 Å². The van der Waals surface area contributed by atoms with Crippen molar-refractivity contribution in [1.29, 1.82) is 0 Å². The number of carboxylic acid groups (broad SMARTS) is 2. The maximum Gasteiger partial charge on any atom is 0.328 e. The first-order chi connectivity index (χ1) is 17.8. The number of unbranched alkanes of at least 4 members (excludes halogenated alkanes) is 1. The number of hydrogen-bond donors (Lipinski definition) is 9. The molecule has 0 fully saturated rings. The second-order valence-corrected chi connectivity index (χ2v) is 8.88. The predicted molar refractivity (Wildman–Crippen MR) is 135 cm³/mol. The van der Waals surface area contributed by atoms with Crippen LogP contribution in [-0.4, -0.2) is 86.9 Å². The summed E-state index contributed by atoms with van der Waals surface area (Å²) in [5, 5.41) is 44.3. The lowest BCUT2D eigenvalue weighted by atomic mass is 10.0. The van der Waals surface area contributed by atoms with Crippen LogP contribution in [0.3, 0.4) is 0 Å². The van der Waals surface area contributed by atoms with Gasteiger partial charge in [0.15, 0.2) is 6.04 Å². The number of aliphatic carboxylic acids is 2. The summed E-state index contributed by atoms with van der Waals surface area (Å²) in [5.41, 5.74) is 12.2. The van der Waals surface area contributed by atoms with Crippen molar-refractivity contribution in [1.82, 2.24) is 16.0 Å². The number of carboxylic acids is 2. The minimum Gasteiger partial charge on any atom is -0.508 e. The Morgan fingerprint density at radius 1 is 0.868 bits per heavy atom. The monoisotopic (exact) mass is 539 g/mol. The molecule has 0 aliphatic rings. The van der Waals surface area contributed by atoms with Gasteiger partial charge in [0.25, 0.3) is 0 Å². The van der Waals surface area contributed by atoms with E-state index in [-0.39, 0.29) is 25.0 Å². The minimum absolute atomic E-state index is 0.0491. The lowest BCUT2D eigenvalue weighted by Crippen LogP contribution is -2.58. The number of carbonyl (C=O) groups is 5. The molecule has 1 rings (SSSR count). The van der Waals surface area contributed by atoms with Gasteiger partial charge in [-0.1, -0.05) is 12.1 Å². The van der Waals surface area contributed by atoms with Crippen LogP contribution in [0, 0.1) is 0 Å². The maximum atomic E-state index is 13.1. The number of aliphatic hydroxyl groups excluding tert-OH is 1. The first kappa shape index (κ1) is 32.3. The summed E-state index contributed by atoms with van der Waals surface area (Å²) in [6, 6.07) is 0.734. The van der Waals surface area contributed by atoms with Gasteiger partial charge in [0, 0.05) is 6.42 Å². The fourth-order valence-corrected chi connectivity index (χ4v) is 3.47. The van der Waals surface area contributed by atoms with Crippen LogP contribution in [0.2, 0.25) is 0 Å². The Hall–Kier alpha value is -3.75. The van der Waals surface area contributed by atoms with Crippen molar-refractivity contribution in [2.45, 2.75) is 75.7 Å². The number of amides is 3. The third-order valence-corrected chi connectivity index (χ3v) is 5.63. The van der Waals surface area contributed by atoms with Gasteiger partial charge in [-0.15, -0.1) is 0 Å². The number of nitrogens with one attached hydrogen (secondary N) is 3. The average Bonchev–Trinajstić information content (AvgIpc) is 2.84. The minimum atomic E-state index is -1.69. The summed E-state index contributed by atoms with van der Waals surface area (Å²) < 4.78 is 0. The van der Waals surface area contributed by atoms with Crippen molar-refractivity contribution in [3.8, 4) is 5.75 Å². The smallest absolute Gasteiger partial charge is 0.328 e. The third-order valence-electron chi connectivity index (χ3n) is 5.63. The van der Waals surface area contributed by atoms with E-state index in [0.29, 0.717) is 24.9 Å². The molecule has 1 aromatic carbocycles. The molecule has 0 heterocycles. The highest BCUT2D eigenvalue weighted by Gasteiger charge is 2.32. The molecule has 0 radical (unpaired) electrons. The van der Waals surface area contributed by atoms with E-state index in [9.17, 15) is 39.3 Å².